The number of aliphatic hydroxyl groups excluding tert-OH is 1. The lowest BCUT2D eigenvalue weighted by Gasteiger charge is -2.35. The Kier molecular flexibility index (Phi) is 9.87. The number of carbonyl (C=O) groups is 1. The van der Waals surface area contributed by atoms with E-state index in [1.807, 2.05) is 18.2 Å². The van der Waals surface area contributed by atoms with E-state index in [0.717, 1.165) is 5.56 Å². The lowest BCUT2D eigenvalue weighted by atomic mass is 9.68. The zero-order chi connectivity index (χ0) is 31.1. The first kappa shape index (κ1) is 30.9. The second-order valence-corrected chi connectivity index (χ2v) is 9.91. The Morgan fingerprint density at radius 3 is 2.09 bits per heavy atom. The van der Waals surface area contributed by atoms with Gasteiger partial charge in [-0.15, -0.1) is 0 Å². The number of aliphatic hydroxyl groups is 1. The number of methoxy groups -OCH3 is 5. The maximum Gasteiger partial charge on any atom is 0.203 e. The normalized spacial score (nSPS) is 18.3. The highest BCUT2D eigenvalue weighted by Gasteiger charge is 2.39. The number of hydrogen-bond donors (Lipinski definition) is 3. The van der Waals surface area contributed by atoms with Crippen molar-refractivity contribution in [3.05, 3.63) is 95.3 Å². The van der Waals surface area contributed by atoms with Crippen LogP contribution < -0.4 is 23.7 Å². The van der Waals surface area contributed by atoms with E-state index in [-0.39, 0.29) is 34.7 Å². The summed E-state index contributed by atoms with van der Waals surface area (Å²) >= 11 is 0. The fourth-order valence-corrected chi connectivity index (χ4v) is 5.49. The van der Waals surface area contributed by atoms with Gasteiger partial charge in [-0.2, -0.15) is 0 Å². The highest BCUT2D eigenvalue weighted by Crippen LogP contribution is 2.50. The molecule has 0 fully saturated rings. The standard InChI is InChI=1S/C34H36O9/c1-39-29-16-13-25(33(42-4)34(29)43-5)24-8-6-7-23(21-11-15-27(37)31(18-21)41-3)32(24)28(38)19-22(35)12-9-20-10-14-26(36)30(17-20)40-2/h6,8-19,23-24,32,35-37H,7H2,1-5H3/b12-9+,22-19-/t23-,24-,32-/m1/s1. The van der Waals surface area contributed by atoms with Gasteiger partial charge in [-0.1, -0.05) is 36.4 Å². The van der Waals surface area contributed by atoms with Gasteiger partial charge < -0.3 is 39.0 Å². The van der Waals surface area contributed by atoms with Gasteiger partial charge >= 0.3 is 0 Å². The van der Waals surface area contributed by atoms with Crippen molar-refractivity contribution in [2.24, 2.45) is 5.92 Å². The first-order chi connectivity index (χ1) is 20.8. The third-order valence-electron chi connectivity index (χ3n) is 7.55. The molecule has 9 nitrogen and oxygen atoms in total. The summed E-state index contributed by atoms with van der Waals surface area (Å²) in [4.78, 5) is 14.1. The first-order valence-corrected chi connectivity index (χ1v) is 13.6. The third kappa shape index (κ3) is 6.56. The minimum atomic E-state index is -0.671. The summed E-state index contributed by atoms with van der Waals surface area (Å²) in [5.74, 6) is -0.123. The molecular weight excluding hydrogens is 552 g/mol. The molecule has 1 aliphatic rings. The van der Waals surface area contributed by atoms with E-state index in [0.29, 0.717) is 40.5 Å². The smallest absolute Gasteiger partial charge is 0.203 e. The number of aromatic hydroxyl groups is 2. The number of ether oxygens (including phenoxy) is 5. The monoisotopic (exact) mass is 588 g/mol. The molecule has 9 heteroatoms. The molecule has 0 aliphatic heterocycles. The molecule has 0 heterocycles. The number of phenols is 2. The van der Waals surface area contributed by atoms with Gasteiger partial charge in [0.25, 0.3) is 0 Å². The van der Waals surface area contributed by atoms with Crippen molar-refractivity contribution in [1.29, 1.82) is 0 Å². The molecule has 3 atom stereocenters. The molecule has 0 spiro atoms. The Hall–Kier alpha value is -5.05. The highest BCUT2D eigenvalue weighted by molar-refractivity contribution is 5.94. The van der Waals surface area contributed by atoms with Crippen LogP contribution in [-0.4, -0.2) is 56.7 Å². The molecule has 0 radical (unpaired) electrons. The van der Waals surface area contributed by atoms with E-state index < -0.39 is 11.8 Å². The highest BCUT2D eigenvalue weighted by atomic mass is 16.5. The van der Waals surface area contributed by atoms with Crippen LogP contribution >= 0.6 is 0 Å². The van der Waals surface area contributed by atoms with E-state index in [9.17, 15) is 20.1 Å². The molecule has 0 bridgehead atoms. The molecule has 43 heavy (non-hydrogen) atoms. The van der Waals surface area contributed by atoms with E-state index >= 15 is 0 Å². The predicted octanol–water partition coefficient (Wildman–Crippen LogP) is 6.31. The van der Waals surface area contributed by atoms with Crippen LogP contribution in [0.3, 0.4) is 0 Å². The van der Waals surface area contributed by atoms with Gasteiger partial charge in [0.15, 0.2) is 40.3 Å². The topological polar surface area (TPSA) is 124 Å². The Balaban J connectivity index is 1.79. The van der Waals surface area contributed by atoms with Gasteiger partial charge in [0.05, 0.1) is 35.5 Å². The molecule has 0 unspecified atom stereocenters. The summed E-state index contributed by atoms with van der Waals surface area (Å²) in [5, 5.41) is 30.9. The van der Waals surface area contributed by atoms with Crippen LogP contribution in [0.25, 0.3) is 6.08 Å². The number of rotatable bonds is 11. The molecule has 4 rings (SSSR count). The SMILES string of the molecule is COc1cc(/C=C/C(O)=C/C(=O)[C@H]2[C@@H](c3ccc(OC)c(OC)c3OC)C=CC[C@@H]2c2ccc(O)c(OC)c2)ccc1O. The Labute approximate surface area is 250 Å². The molecule has 0 saturated carbocycles. The van der Waals surface area contributed by atoms with Crippen molar-refractivity contribution >= 4 is 11.9 Å². The number of allylic oxidation sites excluding steroid dienone is 4. The van der Waals surface area contributed by atoms with Gasteiger partial charge in [0.1, 0.15) is 5.76 Å². The summed E-state index contributed by atoms with van der Waals surface area (Å²) in [7, 11) is 7.50. The van der Waals surface area contributed by atoms with E-state index in [2.05, 4.69) is 0 Å². The van der Waals surface area contributed by atoms with Crippen molar-refractivity contribution in [1.82, 2.24) is 0 Å². The minimum absolute atomic E-state index is 0.00604. The lowest BCUT2D eigenvalue weighted by Crippen LogP contribution is -2.29. The van der Waals surface area contributed by atoms with Crippen molar-refractivity contribution in [2.75, 3.05) is 35.5 Å². The summed E-state index contributed by atoms with van der Waals surface area (Å²) < 4.78 is 27.3. The van der Waals surface area contributed by atoms with Gasteiger partial charge in [0.2, 0.25) is 5.75 Å². The maximum atomic E-state index is 14.1. The van der Waals surface area contributed by atoms with Crippen LogP contribution in [0.1, 0.15) is 34.9 Å². The van der Waals surface area contributed by atoms with Crippen LogP contribution in [-0.2, 0) is 4.79 Å². The van der Waals surface area contributed by atoms with Crippen molar-refractivity contribution in [2.45, 2.75) is 18.3 Å². The second-order valence-electron chi connectivity index (χ2n) is 9.91. The first-order valence-electron chi connectivity index (χ1n) is 13.6. The molecule has 0 amide bonds. The Morgan fingerprint density at radius 2 is 1.44 bits per heavy atom. The zero-order valence-corrected chi connectivity index (χ0v) is 24.7. The number of phenolic OH excluding ortho intramolecular Hbond substituents is 2. The predicted molar refractivity (Wildman–Crippen MR) is 163 cm³/mol. The van der Waals surface area contributed by atoms with Crippen molar-refractivity contribution in [3.63, 3.8) is 0 Å². The Bertz CT molecular complexity index is 1550. The van der Waals surface area contributed by atoms with Crippen LogP contribution in [0, 0.1) is 5.92 Å². The molecule has 0 aromatic heterocycles. The quantitative estimate of drug-likeness (QED) is 0.102. The van der Waals surface area contributed by atoms with Gasteiger partial charge in [0, 0.05) is 23.5 Å². The van der Waals surface area contributed by atoms with E-state index in [4.69, 9.17) is 23.7 Å². The fourth-order valence-electron chi connectivity index (χ4n) is 5.49. The fraction of sp³-hybridized carbons (Fsp3) is 0.265. The lowest BCUT2D eigenvalue weighted by molar-refractivity contribution is -0.119. The maximum absolute atomic E-state index is 14.1. The van der Waals surface area contributed by atoms with Crippen LogP contribution in [0.2, 0.25) is 0 Å². The molecule has 3 N–H and O–H groups in total. The zero-order valence-electron chi connectivity index (χ0n) is 24.7. The van der Waals surface area contributed by atoms with E-state index in [1.165, 1.54) is 53.8 Å². The summed E-state index contributed by atoms with van der Waals surface area (Å²) in [6, 6.07) is 13.4. The third-order valence-corrected chi connectivity index (χ3v) is 7.55. The van der Waals surface area contributed by atoms with E-state index in [1.54, 1.807) is 42.5 Å². The summed E-state index contributed by atoms with van der Waals surface area (Å²) in [5.41, 5.74) is 2.16. The Morgan fingerprint density at radius 1 is 0.791 bits per heavy atom. The number of hydrogen-bond acceptors (Lipinski definition) is 9. The molecule has 1 aliphatic carbocycles. The molecule has 0 saturated heterocycles. The summed E-state index contributed by atoms with van der Waals surface area (Å²) in [6.45, 7) is 0. The van der Waals surface area contributed by atoms with Gasteiger partial charge in [-0.05, 0) is 59.9 Å². The van der Waals surface area contributed by atoms with Gasteiger partial charge in [-0.3, -0.25) is 4.79 Å². The molecule has 3 aromatic rings. The number of ketones is 1. The molecule has 3 aromatic carbocycles. The molecular formula is C34H36O9. The van der Waals surface area contributed by atoms with Crippen LogP contribution in [0.5, 0.6) is 40.2 Å². The number of carbonyl (C=O) groups excluding carboxylic acids is 1. The molecule has 226 valence electrons. The largest absolute Gasteiger partial charge is 0.508 e. The number of benzene rings is 3. The van der Waals surface area contributed by atoms with Crippen molar-refractivity contribution in [3.8, 4) is 40.2 Å². The second kappa shape index (κ2) is 13.7. The van der Waals surface area contributed by atoms with Crippen molar-refractivity contribution < 1.29 is 43.8 Å². The van der Waals surface area contributed by atoms with Crippen LogP contribution in [0.15, 0.2) is 78.6 Å². The average Bonchev–Trinajstić information content (AvgIpc) is 3.03. The average molecular weight is 589 g/mol. The summed E-state index contributed by atoms with van der Waals surface area (Å²) in [6.07, 6.45) is 8.74. The van der Waals surface area contributed by atoms with Gasteiger partial charge in [-0.25, -0.2) is 0 Å². The van der Waals surface area contributed by atoms with Crippen LogP contribution in [0.4, 0.5) is 0 Å². The minimum Gasteiger partial charge on any atom is -0.508 e.